The molecule has 5 heteroatoms. The van der Waals surface area contributed by atoms with Gasteiger partial charge in [-0.3, -0.25) is 0 Å². The van der Waals surface area contributed by atoms with Crippen molar-refractivity contribution in [3.63, 3.8) is 0 Å². The van der Waals surface area contributed by atoms with Gasteiger partial charge in [-0.1, -0.05) is 38.1 Å². The van der Waals surface area contributed by atoms with Gasteiger partial charge in [-0.05, 0) is 53.9 Å². The molecule has 2 aromatic carbocycles. The van der Waals surface area contributed by atoms with Crippen molar-refractivity contribution >= 4 is 6.08 Å². The number of hydrogen-bond donors (Lipinski definition) is 2. The SMILES string of the molecule is COc1ccc(CCNCC(O)COc2ccc3c(c2)C(C)(C)C=C3)cc1OC. The Kier molecular flexibility index (Phi) is 6.83. The van der Waals surface area contributed by atoms with Gasteiger partial charge in [0.25, 0.3) is 0 Å². The van der Waals surface area contributed by atoms with Crippen LogP contribution in [0.25, 0.3) is 6.08 Å². The third-order valence-electron chi connectivity index (χ3n) is 5.26. The van der Waals surface area contributed by atoms with Gasteiger partial charge in [0, 0.05) is 12.0 Å². The van der Waals surface area contributed by atoms with E-state index in [-0.39, 0.29) is 12.0 Å². The summed E-state index contributed by atoms with van der Waals surface area (Å²) in [4.78, 5) is 0. The van der Waals surface area contributed by atoms with Gasteiger partial charge in [-0.25, -0.2) is 0 Å². The van der Waals surface area contributed by atoms with Crippen LogP contribution >= 0.6 is 0 Å². The molecule has 0 bridgehead atoms. The highest BCUT2D eigenvalue weighted by molar-refractivity contribution is 5.65. The van der Waals surface area contributed by atoms with E-state index in [0.29, 0.717) is 6.54 Å². The van der Waals surface area contributed by atoms with E-state index in [9.17, 15) is 5.11 Å². The summed E-state index contributed by atoms with van der Waals surface area (Å²) in [6.07, 6.45) is 4.62. The summed E-state index contributed by atoms with van der Waals surface area (Å²) in [7, 11) is 3.26. The number of allylic oxidation sites excluding steroid dienone is 1. The molecule has 1 aliphatic carbocycles. The van der Waals surface area contributed by atoms with Crippen LogP contribution in [0.3, 0.4) is 0 Å². The Labute approximate surface area is 173 Å². The minimum Gasteiger partial charge on any atom is -0.493 e. The van der Waals surface area contributed by atoms with Crippen molar-refractivity contribution in [2.75, 3.05) is 33.9 Å². The number of rotatable bonds is 10. The van der Waals surface area contributed by atoms with E-state index in [1.807, 2.05) is 24.3 Å². The van der Waals surface area contributed by atoms with Gasteiger partial charge in [0.05, 0.1) is 14.2 Å². The van der Waals surface area contributed by atoms with Crippen LogP contribution in [0.5, 0.6) is 17.2 Å². The normalized spacial score (nSPS) is 15.1. The topological polar surface area (TPSA) is 60.0 Å². The molecule has 1 aliphatic rings. The largest absolute Gasteiger partial charge is 0.493 e. The molecule has 2 N–H and O–H groups in total. The number of nitrogens with one attached hydrogen (secondary N) is 1. The van der Waals surface area contributed by atoms with Crippen LogP contribution in [0, 0.1) is 0 Å². The molecule has 0 radical (unpaired) electrons. The van der Waals surface area contributed by atoms with Gasteiger partial charge in [0.2, 0.25) is 0 Å². The summed E-state index contributed by atoms with van der Waals surface area (Å²) in [6.45, 7) is 5.87. The minimum absolute atomic E-state index is 0.0268. The number of aliphatic hydroxyl groups excluding tert-OH is 1. The van der Waals surface area contributed by atoms with E-state index in [4.69, 9.17) is 14.2 Å². The summed E-state index contributed by atoms with van der Waals surface area (Å²) in [6, 6.07) is 12.0. The van der Waals surface area contributed by atoms with E-state index in [1.54, 1.807) is 14.2 Å². The number of benzene rings is 2. The number of ether oxygens (including phenoxy) is 3. The molecular weight excluding hydrogens is 366 g/mol. The van der Waals surface area contributed by atoms with E-state index < -0.39 is 6.10 Å². The predicted octanol–water partition coefficient (Wildman–Crippen LogP) is 3.58. The smallest absolute Gasteiger partial charge is 0.160 e. The second-order valence-corrected chi connectivity index (χ2v) is 7.91. The maximum Gasteiger partial charge on any atom is 0.160 e. The number of aliphatic hydroxyl groups is 1. The van der Waals surface area contributed by atoms with Crippen molar-refractivity contribution in [2.24, 2.45) is 0 Å². The minimum atomic E-state index is -0.570. The first-order chi connectivity index (χ1) is 13.9. The first-order valence-corrected chi connectivity index (χ1v) is 9.99. The van der Waals surface area contributed by atoms with Crippen LogP contribution in [0.4, 0.5) is 0 Å². The number of methoxy groups -OCH3 is 2. The summed E-state index contributed by atoms with van der Waals surface area (Å²) in [5.74, 6) is 2.25. The fraction of sp³-hybridized carbons (Fsp3) is 0.417. The van der Waals surface area contributed by atoms with Gasteiger partial charge in [-0.2, -0.15) is 0 Å². The third kappa shape index (κ3) is 5.31. The first kappa shape index (κ1) is 21.2. The second kappa shape index (κ2) is 9.33. The summed E-state index contributed by atoms with van der Waals surface area (Å²) < 4.78 is 16.4. The Morgan fingerprint density at radius 1 is 1.03 bits per heavy atom. The molecule has 0 fully saturated rings. The van der Waals surface area contributed by atoms with Gasteiger partial charge >= 0.3 is 0 Å². The zero-order valence-corrected chi connectivity index (χ0v) is 17.7. The molecule has 0 saturated carbocycles. The predicted molar refractivity (Wildman–Crippen MR) is 116 cm³/mol. The zero-order valence-electron chi connectivity index (χ0n) is 17.7. The molecule has 156 valence electrons. The Morgan fingerprint density at radius 2 is 1.83 bits per heavy atom. The third-order valence-corrected chi connectivity index (χ3v) is 5.26. The fourth-order valence-electron chi connectivity index (χ4n) is 3.51. The second-order valence-electron chi connectivity index (χ2n) is 7.91. The van der Waals surface area contributed by atoms with Crippen molar-refractivity contribution in [1.82, 2.24) is 5.32 Å². The highest BCUT2D eigenvalue weighted by Gasteiger charge is 2.25. The average Bonchev–Trinajstić information content (AvgIpc) is 3.03. The van der Waals surface area contributed by atoms with Crippen LogP contribution in [0.1, 0.15) is 30.5 Å². The molecule has 1 atom stereocenters. The Balaban J connectivity index is 1.40. The maximum absolute atomic E-state index is 10.2. The van der Waals surface area contributed by atoms with Crippen LogP contribution in [-0.2, 0) is 11.8 Å². The van der Waals surface area contributed by atoms with Crippen LogP contribution in [0.15, 0.2) is 42.5 Å². The molecule has 0 saturated heterocycles. The summed E-state index contributed by atoms with van der Waals surface area (Å²) >= 11 is 0. The molecule has 29 heavy (non-hydrogen) atoms. The molecule has 0 spiro atoms. The van der Waals surface area contributed by atoms with Gasteiger partial charge in [0.15, 0.2) is 11.5 Å². The van der Waals surface area contributed by atoms with Crippen molar-refractivity contribution in [2.45, 2.75) is 31.8 Å². The molecule has 1 unspecified atom stereocenters. The molecule has 5 nitrogen and oxygen atoms in total. The lowest BCUT2D eigenvalue weighted by Gasteiger charge is -2.19. The Bertz CT molecular complexity index is 860. The van der Waals surface area contributed by atoms with E-state index in [0.717, 1.165) is 35.8 Å². The monoisotopic (exact) mass is 397 g/mol. The summed E-state index contributed by atoms with van der Waals surface area (Å²) in [5.41, 5.74) is 3.67. The lowest BCUT2D eigenvalue weighted by atomic mass is 9.87. The van der Waals surface area contributed by atoms with Crippen molar-refractivity contribution < 1.29 is 19.3 Å². The van der Waals surface area contributed by atoms with Crippen molar-refractivity contribution in [3.05, 3.63) is 59.2 Å². The van der Waals surface area contributed by atoms with Gasteiger partial charge in [0.1, 0.15) is 18.5 Å². The molecule has 0 amide bonds. The average molecular weight is 398 g/mol. The van der Waals surface area contributed by atoms with Crippen molar-refractivity contribution in [3.8, 4) is 17.2 Å². The fourth-order valence-corrected chi connectivity index (χ4v) is 3.51. The molecule has 0 aliphatic heterocycles. The van der Waals surface area contributed by atoms with Crippen LogP contribution in [-0.4, -0.2) is 45.1 Å². The Morgan fingerprint density at radius 3 is 2.59 bits per heavy atom. The lowest BCUT2D eigenvalue weighted by molar-refractivity contribution is 0.106. The lowest BCUT2D eigenvalue weighted by Crippen LogP contribution is -2.32. The first-order valence-electron chi connectivity index (χ1n) is 9.99. The standard InChI is InChI=1S/C24H31NO4/c1-24(2)11-9-18-6-7-20(14-21(18)24)29-16-19(26)15-25-12-10-17-5-8-22(27-3)23(13-17)28-4/h5-9,11,13-14,19,25-26H,10,12,15-16H2,1-4H3. The van der Waals surface area contributed by atoms with Gasteiger partial charge < -0.3 is 24.6 Å². The van der Waals surface area contributed by atoms with Gasteiger partial charge in [-0.15, -0.1) is 0 Å². The maximum atomic E-state index is 10.2. The molecule has 3 rings (SSSR count). The zero-order chi connectivity index (χ0) is 20.9. The van der Waals surface area contributed by atoms with Crippen LogP contribution < -0.4 is 19.5 Å². The molecule has 0 aromatic heterocycles. The van der Waals surface area contributed by atoms with E-state index in [1.165, 1.54) is 11.1 Å². The van der Waals surface area contributed by atoms with Crippen LogP contribution in [0.2, 0.25) is 0 Å². The molecule has 0 heterocycles. The molecule has 2 aromatic rings. The quantitative estimate of drug-likeness (QED) is 0.600. The van der Waals surface area contributed by atoms with Crippen molar-refractivity contribution in [1.29, 1.82) is 0 Å². The number of fused-ring (bicyclic) bond motifs is 1. The van der Waals surface area contributed by atoms with E-state index in [2.05, 4.69) is 43.4 Å². The highest BCUT2D eigenvalue weighted by Crippen LogP contribution is 2.37. The molecular formula is C24H31NO4. The van der Waals surface area contributed by atoms with E-state index >= 15 is 0 Å². The highest BCUT2D eigenvalue weighted by atomic mass is 16.5. The summed E-state index contributed by atoms with van der Waals surface area (Å²) in [5, 5.41) is 13.5. The Hall–Kier alpha value is -2.50. The number of hydrogen-bond acceptors (Lipinski definition) is 5.